The molecule has 0 aromatic carbocycles. The molecule has 4 aliphatic carbocycles. The second-order valence-corrected chi connectivity index (χ2v) is 16.1. The maximum atomic E-state index is 14.2. The lowest BCUT2D eigenvalue weighted by molar-refractivity contribution is -0.141. The first-order valence-electron chi connectivity index (χ1n) is 18.5. The summed E-state index contributed by atoms with van der Waals surface area (Å²) in [7, 11) is 0. The van der Waals surface area contributed by atoms with E-state index in [1.165, 1.54) is 18.6 Å². The molecular weight excluding hydrogens is 620 g/mol. The molecule has 3 fully saturated rings. The highest BCUT2D eigenvalue weighted by Gasteiger charge is 2.50. The second-order valence-electron chi connectivity index (χ2n) is 16.1. The lowest BCUT2D eigenvalue weighted by Gasteiger charge is -2.36. The van der Waals surface area contributed by atoms with Crippen LogP contribution < -0.4 is 10.6 Å². The first-order chi connectivity index (χ1) is 23.4. The Morgan fingerprint density at radius 3 is 2.27 bits per heavy atom. The van der Waals surface area contributed by atoms with Crippen molar-refractivity contribution < 1.29 is 28.8 Å². The minimum Gasteiger partial charge on any atom is -0.352 e. The van der Waals surface area contributed by atoms with Crippen molar-refractivity contribution in [3.05, 3.63) is 36.4 Å². The van der Waals surface area contributed by atoms with E-state index < -0.39 is 46.9 Å². The van der Waals surface area contributed by atoms with Gasteiger partial charge in [0.25, 0.3) is 5.91 Å². The highest BCUT2D eigenvalue weighted by molar-refractivity contribution is 6.38. The van der Waals surface area contributed by atoms with Crippen LogP contribution in [0.15, 0.2) is 30.7 Å². The van der Waals surface area contributed by atoms with Crippen LogP contribution in [0.1, 0.15) is 122 Å². The van der Waals surface area contributed by atoms with Gasteiger partial charge < -0.3 is 10.6 Å². The highest BCUT2D eigenvalue weighted by Crippen LogP contribution is 2.46. The average Bonchev–Trinajstić information content (AvgIpc) is 3.66. The maximum absolute atomic E-state index is 14.2. The van der Waals surface area contributed by atoms with Gasteiger partial charge >= 0.3 is 0 Å². The molecule has 2 amide bonds. The molecule has 4 aliphatic rings. The second kappa shape index (κ2) is 16.0. The molecule has 1 aromatic heterocycles. The Kier molecular flexibility index (Phi) is 12.0. The Morgan fingerprint density at radius 1 is 0.918 bits per heavy atom. The Bertz CT molecular complexity index is 1420. The van der Waals surface area contributed by atoms with Crippen LogP contribution >= 0.6 is 0 Å². The van der Waals surface area contributed by atoms with Crippen LogP contribution in [0.4, 0.5) is 0 Å². The minimum atomic E-state index is -0.747. The topological polar surface area (TPSA) is 152 Å². The summed E-state index contributed by atoms with van der Waals surface area (Å²) >= 11 is 0. The molecule has 10 heteroatoms. The summed E-state index contributed by atoms with van der Waals surface area (Å²) in [6.45, 7) is 7.75. The quantitative estimate of drug-likeness (QED) is 0.165. The lowest BCUT2D eigenvalue weighted by atomic mass is 9.73. The average molecular weight is 675 g/mol. The van der Waals surface area contributed by atoms with Crippen molar-refractivity contribution in [2.45, 2.75) is 123 Å². The van der Waals surface area contributed by atoms with Crippen LogP contribution in [0.5, 0.6) is 0 Å². The van der Waals surface area contributed by atoms with E-state index in [0.717, 1.165) is 51.4 Å². The molecule has 1 unspecified atom stereocenters. The number of Topliss-reactive ketones (excluding diaryl/α,β-unsaturated/α-hetero) is 4. The lowest BCUT2D eigenvalue weighted by Crippen LogP contribution is -2.52. The molecule has 0 saturated heterocycles. The van der Waals surface area contributed by atoms with Gasteiger partial charge in [0, 0.05) is 55.5 Å². The summed E-state index contributed by atoms with van der Waals surface area (Å²) in [6, 6.07) is -1.19. The molecule has 1 heterocycles. The standard InChI is InChI=1S/C39H54N4O6/c1-5-9-27(36(47)32(46)18-23-12-13-23)20-30(44)33-25-14-15-26(19-25)35(33)43-37(48)28(39(2,3)4)21-31(45)34(24-10-7-6-8-11-24)42-38(49)29-22-40-16-17-41-29/h14-17,22-28,33-35H,5-13,18-21H2,1-4H3,(H,42,49)(H,43,48)/t25-,26+,27?,28+,33-,34-,35-/m0/s1. The SMILES string of the molecule is CCCC(CC(=O)[C@H]1[C@@H](NC(=O)[C@@H](CC(=O)[C@@H](NC(=O)c2cnccn2)C2CCCCC2)C(C)(C)C)[C@@H]2C=C[C@H]1C2)C(=O)C(=O)CC1CC1. The third-order valence-electron chi connectivity index (χ3n) is 11.4. The Labute approximate surface area is 290 Å². The van der Waals surface area contributed by atoms with Gasteiger partial charge in [-0.2, -0.15) is 0 Å². The van der Waals surface area contributed by atoms with E-state index in [-0.39, 0.29) is 66.0 Å². The number of carbonyl (C=O) groups is 6. The van der Waals surface area contributed by atoms with Gasteiger partial charge in [0.05, 0.1) is 12.2 Å². The third kappa shape index (κ3) is 9.17. The molecule has 49 heavy (non-hydrogen) atoms. The molecule has 1 aromatic rings. The van der Waals surface area contributed by atoms with Crippen LogP contribution in [0.3, 0.4) is 0 Å². The van der Waals surface area contributed by atoms with Gasteiger partial charge in [-0.15, -0.1) is 0 Å². The maximum Gasteiger partial charge on any atom is 0.272 e. The summed E-state index contributed by atoms with van der Waals surface area (Å²) in [5.74, 6) is -3.38. The highest BCUT2D eigenvalue weighted by atomic mass is 16.2. The van der Waals surface area contributed by atoms with E-state index in [0.29, 0.717) is 18.8 Å². The van der Waals surface area contributed by atoms with Crippen LogP contribution in [0.2, 0.25) is 0 Å². The molecule has 0 aliphatic heterocycles. The normalized spacial score (nSPS) is 25.3. The molecule has 0 spiro atoms. The van der Waals surface area contributed by atoms with Crippen LogP contribution in [0.25, 0.3) is 0 Å². The fourth-order valence-corrected chi connectivity index (χ4v) is 8.37. The number of nitrogens with one attached hydrogen (secondary N) is 2. The van der Waals surface area contributed by atoms with E-state index in [1.807, 2.05) is 33.8 Å². The zero-order valence-electron chi connectivity index (χ0n) is 29.6. The molecule has 2 bridgehead atoms. The van der Waals surface area contributed by atoms with E-state index in [9.17, 15) is 28.8 Å². The molecule has 2 N–H and O–H groups in total. The number of rotatable bonds is 17. The van der Waals surface area contributed by atoms with E-state index in [4.69, 9.17) is 0 Å². The third-order valence-corrected chi connectivity index (χ3v) is 11.4. The monoisotopic (exact) mass is 674 g/mol. The Hall–Kier alpha value is -3.56. The van der Waals surface area contributed by atoms with Gasteiger partial charge in [-0.1, -0.05) is 65.5 Å². The summed E-state index contributed by atoms with van der Waals surface area (Å²) < 4.78 is 0. The van der Waals surface area contributed by atoms with Gasteiger partial charge in [-0.3, -0.25) is 33.8 Å². The number of hydrogen-bond acceptors (Lipinski definition) is 8. The Balaban J connectivity index is 1.29. The molecule has 10 nitrogen and oxygen atoms in total. The van der Waals surface area contributed by atoms with E-state index in [1.54, 1.807) is 0 Å². The number of amides is 2. The molecular formula is C39H54N4O6. The first kappa shape index (κ1) is 36.7. The van der Waals surface area contributed by atoms with Crippen LogP contribution in [-0.4, -0.2) is 57.0 Å². The van der Waals surface area contributed by atoms with Gasteiger partial charge in [0.15, 0.2) is 11.6 Å². The van der Waals surface area contributed by atoms with Crippen molar-refractivity contribution >= 4 is 34.9 Å². The van der Waals surface area contributed by atoms with Crippen molar-refractivity contribution in [2.24, 2.45) is 46.8 Å². The zero-order valence-corrected chi connectivity index (χ0v) is 29.6. The number of ketones is 4. The van der Waals surface area contributed by atoms with Crippen molar-refractivity contribution in [1.29, 1.82) is 0 Å². The summed E-state index contributed by atoms with van der Waals surface area (Å²) in [4.78, 5) is 89.3. The Morgan fingerprint density at radius 2 is 1.63 bits per heavy atom. The number of nitrogens with zero attached hydrogens (tertiary/aromatic N) is 2. The van der Waals surface area contributed by atoms with Crippen molar-refractivity contribution in [3.63, 3.8) is 0 Å². The predicted molar refractivity (Wildman–Crippen MR) is 184 cm³/mol. The number of fused-ring (bicyclic) bond motifs is 2. The predicted octanol–water partition coefficient (Wildman–Crippen LogP) is 5.40. The first-order valence-corrected chi connectivity index (χ1v) is 18.5. The fourth-order valence-electron chi connectivity index (χ4n) is 8.37. The molecule has 7 atom stereocenters. The summed E-state index contributed by atoms with van der Waals surface area (Å²) in [5.41, 5.74) is -0.448. The summed E-state index contributed by atoms with van der Waals surface area (Å²) in [5, 5.41) is 6.16. The molecule has 0 radical (unpaired) electrons. The van der Waals surface area contributed by atoms with Crippen molar-refractivity contribution in [1.82, 2.24) is 20.6 Å². The summed E-state index contributed by atoms with van der Waals surface area (Å²) in [6.07, 6.45) is 17.2. The molecule has 5 rings (SSSR count). The van der Waals surface area contributed by atoms with Gasteiger partial charge in [0.2, 0.25) is 11.7 Å². The van der Waals surface area contributed by atoms with Gasteiger partial charge in [-0.25, -0.2) is 4.98 Å². The fraction of sp³-hybridized carbons (Fsp3) is 0.692. The number of aromatic nitrogens is 2. The van der Waals surface area contributed by atoms with Gasteiger partial charge in [0.1, 0.15) is 11.5 Å². The van der Waals surface area contributed by atoms with Crippen LogP contribution in [0, 0.1) is 46.8 Å². The van der Waals surface area contributed by atoms with E-state index in [2.05, 4.69) is 26.7 Å². The number of allylic oxidation sites excluding steroid dienone is 1. The van der Waals surface area contributed by atoms with Crippen molar-refractivity contribution in [2.75, 3.05) is 0 Å². The van der Waals surface area contributed by atoms with Gasteiger partial charge in [-0.05, 0) is 67.6 Å². The van der Waals surface area contributed by atoms with Crippen molar-refractivity contribution in [3.8, 4) is 0 Å². The largest absolute Gasteiger partial charge is 0.352 e. The molecule has 266 valence electrons. The minimum absolute atomic E-state index is 0.00687. The zero-order chi connectivity index (χ0) is 35.3. The molecule has 3 saturated carbocycles. The van der Waals surface area contributed by atoms with Crippen LogP contribution in [-0.2, 0) is 24.0 Å². The van der Waals surface area contributed by atoms with E-state index >= 15 is 0 Å². The number of hydrogen-bond donors (Lipinski definition) is 2. The number of carbonyl (C=O) groups excluding carboxylic acids is 6. The smallest absolute Gasteiger partial charge is 0.272 e.